The first kappa shape index (κ1) is 14.0. The summed E-state index contributed by atoms with van der Waals surface area (Å²) in [7, 11) is -3.46. The van der Waals surface area contributed by atoms with E-state index < -0.39 is 10.0 Å². The lowest BCUT2D eigenvalue weighted by Gasteiger charge is -2.13. The molecule has 2 rings (SSSR count). The number of nitrogens with one attached hydrogen (secondary N) is 1. The molecule has 1 aliphatic rings. The molecule has 0 aliphatic carbocycles. The van der Waals surface area contributed by atoms with Crippen LogP contribution in [0.3, 0.4) is 0 Å². The van der Waals surface area contributed by atoms with Gasteiger partial charge in [-0.05, 0) is 37.5 Å². The van der Waals surface area contributed by atoms with Gasteiger partial charge in [0.1, 0.15) is 0 Å². The zero-order chi connectivity index (χ0) is 13.2. The SMILES string of the molecule is Cc1ccc(Br)cc1S(=O)(=O)NCC1CCCO1. The molecule has 0 spiro atoms. The lowest BCUT2D eigenvalue weighted by atomic mass is 10.2. The molecule has 4 nitrogen and oxygen atoms in total. The number of aryl methyl sites for hydroxylation is 1. The molecule has 1 aliphatic heterocycles. The molecule has 0 amide bonds. The minimum Gasteiger partial charge on any atom is -0.377 e. The highest BCUT2D eigenvalue weighted by molar-refractivity contribution is 9.10. The third kappa shape index (κ3) is 3.32. The molecule has 1 saturated heterocycles. The Morgan fingerprint density at radius 3 is 2.94 bits per heavy atom. The number of rotatable bonds is 4. The molecule has 1 fully saturated rings. The van der Waals surface area contributed by atoms with Gasteiger partial charge in [0.15, 0.2) is 0 Å². The number of sulfonamides is 1. The molecule has 18 heavy (non-hydrogen) atoms. The van der Waals surface area contributed by atoms with Crippen LogP contribution in [0.2, 0.25) is 0 Å². The summed E-state index contributed by atoms with van der Waals surface area (Å²) in [5, 5.41) is 0. The molecule has 1 atom stereocenters. The Hall–Kier alpha value is -0.430. The van der Waals surface area contributed by atoms with Gasteiger partial charge in [-0.25, -0.2) is 13.1 Å². The predicted molar refractivity (Wildman–Crippen MR) is 73.0 cm³/mol. The van der Waals surface area contributed by atoms with Crippen LogP contribution in [0.25, 0.3) is 0 Å². The van der Waals surface area contributed by atoms with Crippen molar-refractivity contribution in [3.8, 4) is 0 Å². The molecule has 1 aromatic rings. The molecule has 0 radical (unpaired) electrons. The molecule has 100 valence electrons. The van der Waals surface area contributed by atoms with Gasteiger partial charge < -0.3 is 4.74 Å². The average Bonchev–Trinajstić information content (AvgIpc) is 2.83. The summed E-state index contributed by atoms with van der Waals surface area (Å²) in [6.45, 7) is 2.85. The van der Waals surface area contributed by atoms with E-state index in [9.17, 15) is 8.42 Å². The summed E-state index contributed by atoms with van der Waals surface area (Å²) in [5.41, 5.74) is 0.734. The fraction of sp³-hybridized carbons (Fsp3) is 0.500. The minimum atomic E-state index is -3.46. The van der Waals surface area contributed by atoms with Crippen LogP contribution >= 0.6 is 15.9 Å². The second kappa shape index (κ2) is 5.69. The second-order valence-electron chi connectivity index (χ2n) is 4.40. The van der Waals surface area contributed by atoms with Crippen LogP contribution in [0.15, 0.2) is 27.6 Å². The molecule has 6 heteroatoms. The first-order chi connectivity index (χ1) is 8.49. The summed E-state index contributed by atoms with van der Waals surface area (Å²) in [4.78, 5) is 0.315. The standard InChI is InChI=1S/C12H16BrNO3S/c1-9-4-5-10(13)7-12(9)18(15,16)14-8-11-3-2-6-17-11/h4-5,7,11,14H,2-3,6,8H2,1H3. The van der Waals surface area contributed by atoms with E-state index in [1.54, 1.807) is 19.1 Å². The highest BCUT2D eigenvalue weighted by Crippen LogP contribution is 2.20. The van der Waals surface area contributed by atoms with E-state index in [0.717, 1.165) is 29.5 Å². The van der Waals surface area contributed by atoms with Crippen LogP contribution in [0.1, 0.15) is 18.4 Å². The number of hydrogen-bond acceptors (Lipinski definition) is 3. The van der Waals surface area contributed by atoms with Crippen LogP contribution in [-0.2, 0) is 14.8 Å². The fourth-order valence-electron chi connectivity index (χ4n) is 1.95. The zero-order valence-corrected chi connectivity index (χ0v) is 12.6. The van der Waals surface area contributed by atoms with Crippen molar-refractivity contribution in [1.29, 1.82) is 0 Å². The lowest BCUT2D eigenvalue weighted by molar-refractivity contribution is 0.114. The van der Waals surface area contributed by atoms with E-state index in [2.05, 4.69) is 20.7 Å². The van der Waals surface area contributed by atoms with Gasteiger partial charge in [0, 0.05) is 17.6 Å². The van der Waals surface area contributed by atoms with E-state index in [1.165, 1.54) is 0 Å². The highest BCUT2D eigenvalue weighted by atomic mass is 79.9. The predicted octanol–water partition coefficient (Wildman–Crippen LogP) is 2.21. The van der Waals surface area contributed by atoms with Gasteiger partial charge in [-0.3, -0.25) is 0 Å². The third-order valence-electron chi connectivity index (χ3n) is 2.96. The topological polar surface area (TPSA) is 55.4 Å². The average molecular weight is 334 g/mol. The molecule has 0 bridgehead atoms. The van der Waals surface area contributed by atoms with Crippen molar-refractivity contribution >= 4 is 26.0 Å². The summed E-state index contributed by atoms with van der Waals surface area (Å²) in [6, 6.07) is 5.23. The van der Waals surface area contributed by atoms with Crippen molar-refractivity contribution in [2.45, 2.75) is 30.8 Å². The molecule has 1 N–H and O–H groups in total. The van der Waals surface area contributed by atoms with Crippen LogP contribution < -0.4 is 4.72 Å². The van der Waals surface area contributed by atoms with Crippen molar-refractivity contribution in [3.05, 3.63) is 28.2 Å². The molecule has 0 aromatic heterocycles. The Labute approximate surface area is 116 Å². The van der Waals surface area contributed by atoms with E-state index in [-0.39, 0.29) is 6.10 Å². The Kier molecular flexibility index (Phi) is 4.42. The van der Waals surface area contributed by atoms with E-state index in [0.29, 0.717) is 11.4 Å². The van der Waals surface area contributed by atoms with Crippen LogP contribution in [0, 0.1) is 6.92 Å². The number of halogens is 1. The van der Waals surface area contributed by atoms with E-state index in [4.69, 9.17) is 4.74 Å². The molecular weight excluding hydrogens is 318 g/mol. The second-order valence-corrected chi connectivity index (χ2v) is 7.05. The normalized spacial score (nSPS) is 20.2. The first-order valence-corrected chi connectivity index (χ1v) is 8.14. The Balaban J connectivity index is 2.12. The maximum absolute atomic E-state index is 12.2. The molecule has 0 saturated carbocycles. The first-order valence-electron chi connectivity index (χ1n) is 5.86. The Morgan fingerprint density at radius 1 is 1.50 bits per heavy atom. The number of hydrogen-bond donors (Lipinski definition) is 1. The maximum Gasteiger partial charge on any atom is 0.240 e. The minimum absolute atomic E-state index is 0.00670. The van der Waals surface area contributed by atoms with Crippen molar-refractivity contribution in [1.82, 2.24) is 4.72 Å². The van der Waals surface area contributed by atoms with Gasteiger partial charge >= 0.3 is 0 Å². The van der Waals surface area contributed by atoms with Gasteiger partial charge in [-0.2, -0.15) is 0 Å². The van der Waals surface area contributed by atoms with Gasteiger partial charge in [-0.15, -0.1) is 0 Å². The zero-order valence-electron chi connectivity index (χ0n) is 10.1. The van der Waals surface area contributed by atoms with Crippen molar-refractivity contribution in [3.63, 3.8) is 0 Å². The smallest absolute Gasteiger partial charge is 0.240 e. The Morgan fingerprint density at radius 2 is 2.28 bits per heavy atom. The van der Waals surface area contributed by atoms with E-state index in [1.807, 2.05) is 6.07 Å². The summed E-state index contributed by atoms with van der Waals surface area (Å²) < 4.78 is 33.1. The molecule has 1 unspecified atom stereocenters. The largest absolute Gasteiger partial charge is 0.377 e. The summed E-state index contributed by atoms with van der Waals surface area (Å²) >= 11 is 3.29. The maximum atomic E-state index is 12.2. The van der Waals surface area contributed by atoms with Gasteiger partial charge in [0.2, 0.25) is 10.0 Å². The van der Waals surface area contributed by atoms with Crippen LogP contribution in [0.5, 0.6) is 0 Å². The third-order valence-corrected chi connectivity index (χ3v) is 5.02. The fourth-order valence-corrected chi connectivity index (χ4v) is 3.80. The molecule has 1 heterocycles. The van der Waals surface area contributed by atoms with E-state index >= 15 is 0 Å². The quantitative estimate of drug-likeness (QED) is 0.919. The summed E-state index contributed by atoms with van der Waals surface area (Å²) in [6.07, 6.45) is 1.93. The monoisotopic (exact) mass is 333 g/mol. The van der Waals surface area contributed by atoms with Crippen molar-refractivity contribution < 1.29 is 13.2 Å². The lowest BCUT2D eigenvalue weighted by Crippen LogP contribution is -2.32. The number of ether oxygens (including phenoxy) is 1. The van der Waals surface area contributed by atoms with Crippen molar-refractivity contribution in [2.75, 3.05) is 13.2 Å². The van der Waals surface area contributed by atoms with Gasteiger partial charge in [-0.1, -0.05) is 22.0 Å². The number of benzene rings is 1. The van der Waals surface area contributed by atoms with Gasteiger partial charge in [0.25, 0.3) is 0 Å². The van der Waals surface area contributed by atoms with Gasteiger partial charge in [0.05, 0.1) is 11.0 Å². The molecular formula is C12H16BrNO3S. The van der Waals surface area contributed by atoms with Crippen molar-refractivity contribution in [2.24, 2.45) is 0 Å². The van der Waals surface area contributed by atoms with Crippen LogP contribution in [-0.4, -0.2) is 27.7 Å². The highest BCUT2D eigenvalue weighted by Gasteiger charge is 2.21. The Bertz CT molecular complexity index is 524. The summed E-state index contributed by atoms with van der Waals surface area (Å²) in [5.74, 6) is 0. The van der Waals surface area contributed by atoms with Crippen LogP contribution in [0.4, 0.5) is 0 Å². The molecule has 1 aromatic carbocycles.